The van der Waals surface area contributed by atoms with Gasteiger partial charge in [0, 0.05) is 32.7 Å². The first-order chi connectivity index (χ1) is 10.7. The van der Waals surface area contributed by atoms with Gasteiger partial charge in [-0.2, -0.15) is 9.97 Å². The van der Waals surface area contributed by atoms with Gasteiger partial charge >= 0.3 is 6.09 Å². The number of nitrogens with zero attached hydrogens (tertiary/aromatic N) is 4. The molecule has 0 aliphatic carbocycles. The third-order valence-electron chi connectivity index (χ3n) is 3.95. The molecule has 1 fully saturated rings. The fourth-order valence-corrected chi connectivity index (χ4v) is 2.31. The van der Waals surface area contributed by atoms with E-state index in [1.807, 2.05) is 11.0 Å². The van der Waals surface area contributed by atoms with Crippen LogP contribution in [0.15, 0.2) is 6.07 Å². The lowest BCUT2D eigenvalue weighted by Crippen LogP contribution is -2.59. The van der Waals surface area contributed by atoms with Crippen LogP contribution >= 0.6 is 0 Å². The van der Waals surface area contributed by atoms with Crippen LogP contribution in [0.1, 0.15) is 27.2 Å². The Morgan fingerprint density at radius 2 is 2.13 bits per heavy atom. The maximum absolute atomic E-state index is 10.9. The summed E-state index contributed by atoms with van der Waals surface area (Å²) >= 11 is 0. The monoisotopic (exact) mass is 322 g/mol. The molecule has 0 bridgehead atoms. The fraction of sp³-hybridized carbons (Fsp3) is 0.667. The molecule has 8 nitrogen and oxygen atoms in total. The molecule has 0 aromatic carbocycles. The topological polar surface area (TPSA) is 108 Å². The van der Waals surface area contributed by atoms with Gasteiger partial charge in [-0.15, -0.1) is 0 Å². The highest BCUT2D eigenvalue weighted by Crippen LogP contribution is 2.25. The zero-order chi connectivity index (χ0) is 17.2. The van der Waals surface area contributed by atoms with Crippen LogP contribution < -0.4 is 16.0 Å². The van der Waals surface area contributed by atoms with Gasteiger partial charge in [0.1, 0.15) is 11.6 Å². The number of aromatic nitrogens is 2. The van der Waals surface area contributed by atoms with E-state index < -0.39 is 6.09 Å². The second kappa shape index (κ2) is 6.47. The lowest BCUT2D eigenvalue weighted by Gasteiger charge is -2.43. The number of amides is 1. The van der Waals surface area contributed by atoms with Crippen molar-refractivity contribution in [2.75, 3.05) is 42.6 Å². The molecule has 0 saturated carbocycles. The van der Waals surface area contributed by atoms with Crippen molar-refractivity contribution in [3.05, 3.63) is 6.07 Å². The van der Waals surface area contributed by atoms with Gasteiger partial charge in [-0.25, -0.2) is 4.79 Å². The summed E-state index contributed by atoms with van der Waals surface area (Å²) in [7, 11) is 1.58. The van der Waals surface area contributed by atoms with Crippen LogP contribution in [0.4, 0.5) is 22.4 Å². The number of hydrogen-bond donors (Lipinski definition) is 3. The molecule has 8 heteroatoms. The van der Waals surface area contributed by atoms with Crippen LogP contribution in [0.2, 0.25) is 0 Å². The van der Waals surface area contributed by atoms with E-state index in [1.165, 1.54) is 4.90 Å². The Kier molecular flexibility index (Phi) is 4.82. The van der Waals surface area contributed by atoms with Gasteiger partial charge in [0.15, 0.2) is 0 Å². The van der Waals surface area contributed by atoms with E-state index in [0.717, 1.165) is 18.8 Å². The lowest BCUT2D eigenvalue weighted by molar-refractivity contribution is 0.129. The molecule has 0 radical (unpaired) electrons. The van der Waals surface area contributed by atoms with E-state index >= 15 is 0 Å². The van der Waals surface area contributed by atoms with E-state index in [1.54, 1.807) is 7.05 Å². The van der Waals surface area contributed by atoms with E-state index in [9.17, 15) is 4.79 Å². The smallest absolute Gasteiger partial charge is 0.407 e. The summed E-state index contributed by atoms with van der Waals surface area (Å²) in [5, 5.41) is 12.3. The van der Waals surface area contributed by atoms with Gasteiger partial charge in [0.25, 0.3) is 0 Å². The minimum atomic E-state index is -0.915. The Morgan fingerprint density at radius 1 is 1.48 bits per heavy atom. The number of likely N-dealkylation sites (N-methyl/N-ethyl adjacent to an activating group) is 1. The van der Waals surface area contributed by atoms with Crippen LogP contribution in [0, 0.1) is 5.41 Å². The number of nitrogen functional groups attached to an aromatic ring is 1. The summed E-state index contributed by atoms with van der Waals surface area (Å²) < 4.78 is 0. The number of anilines is 3. The summed E-state index contributed by atoms with van der Waals surface area (Å²) in [6, 6.07) is 1.84. The summed E-state index contributed by atoms with van der Waals surface area (Å²) in [4.78, 5) is 22.7. The van der Waals surface area contributed by atoms with Gasteiger partial charge in [-0.05, 0) is 11.8 Å². The molecular formula is C15H26N6O2. The Hall–Kier alpha value is -2.25. The first kappa shape index (κ1) is 17.1. The van der Waals surface area contributed by atoms with Gasteiger partial charge in [0.2, 0.25) is 5.95 Å². The van der Waals surface area contributed by atoms with E-state index in [2.05, 4.69) is 36.1 Å². The predicted octanol–water partition coefficient (Wildman–Crippen LogP) is 1.71. The fourth-order valence-electron chi connectivity index (χ4n) is 2.31. The number of carbonyl (C=O) groups is 1. The van der Waals surface area contributed by atoms with Crippen molar-refractivity contribution < 1.29 is 9.90 Å². The summed E-state index contributed by atoms with van der Waals surface area (Å²) in [6.07, 6.45) is 0.0999. The molecule has 0 spiro atoms. The Labute approximate surface area is 136 Å². The van der Waals surface area contributed by atoms with Gasteiger partial charge < -0.3 is 26.0 Å². The first-order valence-corrected chi connectivity index (χ1v) is 7.75. The van der Waals surface area contributed by atoms with Crippen LogP contribution in [-0.4, -0.2) is 58.8 Å². The van der Waals surface area contributed by atoms with Crippen molar-refractivity contribution in [1.82, 2.24) is 14.9 Å². The number of carboxylic acid groups (broad SMARTS) is 1. The van der Waals surface area contributed by atoms with Crippen molar-refractivity contribution in [2.24, 2.45) is 5.41 Å². The molecule has 1 aliphatic rings. The van der Waals surface area contributed by atoms with Crippen LogP contribution in [0.5, 0.6) is 0 Å². The maximum Gasteiger partial charge on any atom is 0.407 e. The third kappa shape index (κ3) is 4.61. The van der Waals surface area contributed by atoms with Gasteiger partial charge in [0.05, 0.1) is 6.04 Å². The van der Waals surface area contributed by atoms with Gasteiger partial charge in [-0.1, -0.05) is 20.8 Å². The normalized spacial score (nSPS) is 15.2. The molecule has 1 saturated heterocycles. The van der Waals surface area contributed by atoms with E-state index in [4.69, 9.17) is 10.8 Å². The largest absolute Gasteiger partial charge is 0.465 e. The molecule has 2 heterocycles. The standard InChI is InChI=1S/C15H26N6O2/c1-15(2,3)5-6-17-11-7-12(19-13(16)18-11)21-8-10(9-21)20(4)14(22)23/h7,10H,5-6,8-9H2,1-4H3,(H,22,23)(H3,16,17,18,19). The SMILES string of the molecule is CN(C(=O)O)C1CN(c2cc(NCCC(C)(C)C)nc(N)n2)C1. The second-order valence-corrected chi connectivity index (χ2v) is 7.16. The highest BCUT2D eigenvalue weighted by atomic mass is 16.4. The number of hydrogen-bond acceptors (Lipinski definition) is 6. The Bertz CT molecular complexity index is 566. The average Bonchev–Trinajstić information content (AvgIpc) is 2.34. The molecule has 1 aromatic heterocycles. The van der Waals surface area contributed by atoms with E-state index in [0.29, 0.717) is 18.9 Å². The Balaban J connectivity index is 1.95. The molecule has 0 atom stereocenters. The predicted molar refractivity (Wildman–Crippen MR) is 90.8 cm³/mol. The van der Waals surface area contributed by atoms with Crippen molar-refractivity contribution in [3.63, 3.8) is 0 Å². The molecule has 2 rings (SSSR count). The molecule has 1 aliphatic heterocycles. The molecular weight excluding hydrogens is 296 g/mol. The molecule has 23 heavy (non-hydrogen) atoms. The van der Waals surface area contributed by atoms with Crippen molar-refractivity contribution in [3.8, 4) is 0 Å². The second-order valence-electron chi connectivity index (χ2n) is 7.16. The average molecular weight is 322 g/mol. The zero-order valence-electron chi connectivity index (χ0n) is 14.2. The van der Waals surface area contributed by atoms with Crippen LogP contribution in [0.3, 0.4) is 0 Å². The van der Waals surface area contributed by atoms with Crippen molar-refractivity contribution >= 4 is 23.7 Å². The molecule has 4 N–H and O–H groups in total. The number of nitrogens with two attached hydrogens (primary N) is 1. The molecule has 0 unspecified atom stereocenters. The Morgan fingerprint density at radius 3 is 2.70 bits per heavy atom. The lowest BCUT2D eigenvalue weighted by atomic mass is 9.92. The number of nitrogens with one attached hydrogen (secondary N) is 1. The highest BCUT2D eigenvalue weighted by Gasteiger charge is 2.33. The highest BCUT2D eigenvalue weighted by molar-refractivity contribution is 5.66. The molecule has 128 valence electrons. The van der Waals surface area contributed by atoms with Crippen molar-refractivity contribution in [2.45, 2.75) is 33.2 Å². The maximum atomic E-state index is 10.9. The minimum Gasteiger partial charge on any atom is -0.465 e. The first-order valence-electron chi connectivity index (χ1n) is 7.75. The van der Waals surface area contributed by atoms with Crippen LogP contribution in [-0.2, 0) is 0 Å². The summed E-state index contributed by atoms with van der Waals surface area (Å²) in [5.74, 6) is 1.65. The van der Waals surface area contributed by atoms with Gasteiger partial charge in [-0.3, -0.25) is 0 Å². The van der Waals surface area contributed by atoms with Crippen LogP contribution in [0.25, 0.3) is 0 Å². The minimum absolute atomic E-state index is 0.0130. The summed E-state index contributed by atoms with van der Waals surface area (Å²) in [5.41, 5.74) is 6.03. The zero-order valence-corrected chi connectivity index (χ0v) is 14.2. The number of rotatable bonds is 5. The summed E-state index contributed by atoms with van der Waals surface area (Å²) in [6.45, 7) is 8.60. The third-order valence-corrected chi connectivity index (χ3v) is 3.95. The molecule has 1 amide bonds. The van der Waals surface area contributed by atoms with Crippen molar-refractivity contribution in [1.29, 1.82) is 0 Å². The molecule has 1 aromatic rings. The quantitative estimate of drug-likeness (QED) is 0.757. The van der Waals surface area contributed by atoms with E-state index in [-0.39, 0.29) is 17.4 Å².